The molecule has 1 saturated heterocycles. The van der Waals surface area contributed by atoms with Gasteiger partial charge in [-0.3, -0.25) is 4.79 Å². The number of sulfonamides is 1. The van der Waals surface area contributed by atoms with Crippen LogP contribution in [-0.2, 0) is 31.9 Å². The maximum Gasteiger partial charge on any atom is 0.416 e. The van der Waals surface area contributed by atoms with E-state index in [1.54, 1.807) is 0 Å². The van der Waals surface area contributed by atoms with Crippen molar-refractivity contribution in [2.24, 2.45) is 0 Å². The Kier molecular flexibility index (Phi) is 7.10. The minimum Gasteiger partial charge on any atom is -0.468 e. The number of alkyl halides is 6. The van der Waals surface area contributed by atoms with Crippen LogP contribution in [0.3, 0.4) is 0 Å². The number of carbonyl (C=O) groups excluding carboxylic acids is 2. The summed E-state index contributed by atoms with van der Waals surface area (Å²) >= 11 is 0. The number of ether oxygens (including phenoxy) is 1. The van der Waals surface area contributed by atoms with Gasteiger partial charge < -0.3 is 15.0 Å². The van der Waals surface area contributed by atoms with Crippen molar-refractivity contribution < 1.29 is 49.1 Å². The van der Waals surface area contributed by atoms with Crippen molar-refractivity contribution in [1.82, 2.24) is 14.5 Å². The first-order chi connectivity index (χ1) is 14.2. The van der Waals surface area contributed by atoms with Crippen molar-refractivity contribution in [2.45, 2.75) is 17.2 Å². The summed E-state index contributed by atoms with van der Waals surface area (Å²) in [5.74, 6) is -0.723. The molecule has 0 aromatic heterocycles. The summed E-state index contributed by atoms with van der Waals surface area (Å²) in [5, 5.41) is 2.23. The number of nitrogens with one attached hydrogen (secondary N) is 1. The van der Waals surface area contributed by atoms with Gasteiger partial charge in [0.1, 0.15) is 6.54 Å². The van der Waals surface area contributed by atoms with Crippen LogP contribution in [0.2, 0.25) is 0 Å². The van der Waals surface area contributed by atoms with Crippen molar-refractivity contribution in [3.8, 4) is 0 Å². The van der Waals surface area contributed by atoms with Crippen molar-refractivity contribution in [2.75, 3.05) is 39.8 Å². The summed E-state index contributed by atoms with van der Waals surface area (Å²) in [4.78, 5) is 23.0. The number of piperazine rings is 1. The first-order valence-corrected chi connectivity index (χ1v) is 9.99. The summed E-state index contributed by atoms with van der Waals surface area (Å²) < 4.78 is 108. The van der Waals surface area contributed by atoms with Crippen LogP contribution in [0.1, 0.15) is 11.1 Å². The lowest BCUT2D eigenvalue weighted by Crippen LogP contribution is -2.53. The highest BCUT2D eigenvalue weighted by molar-refractivity contribution is 7.89. The molecule has 1 heterocycles. The summed E-state index contributed by atoms with van der Waals surface area (Å²) in [6.45, 7) is -1.57. The molecule has 1 N–H and O–H groups in total. The third kappa shape index (κ3) is 6.00. The number of urea groups is 1. The summed E-state index contributed by atoms with van der Waals surface area (Å²) in [6, 6.07) is -0.594. The van der Waals surface area contributed by atoms with E-state index in [-0.39, 0.29) is 44.4 Å². The normalized spacial score (nSPS) is 16.2. The highest BCUT2D eigenvalue weighted by Crippen LogP contribution is 2.37. The molecule has 1 aromatic rings. The molecule has 0 unspecified atom stereocenters. The Morgan fingerprint density at radius 2 is 1.45 bits per heavy atom. The van der Waals surface area contributed by atoms with E-state index in [0.717, 1.165) is 12.0 Å². The molecule has 1 fully saturated rings. The van der Waals surface area contributed by atoms with Crippen LogP contribution in [0.5, 0.6) is 0 Å². The second kappa shape index (κ2) is 8.90. The third-order valence-electron chi connectivity index (χ3n) is 4.34. The Bertz CT molecular complexity index is 908. The molecule has 0 spiro atoms. The molecule has 2 rings (SSSR count). The van der Waals surface area contributed by atoms with E-state index in [2.05, 4.69) is 10.1 Å². The first kappa shape index (κ1) is 24.7. The van der Waals surface area contributed by atoms with Gasteiger partial charge in [-0.2, -0.15) is 30.6 Å². The van der Waals surface area contributed by atoms with Crippen LogP contribution in [0.15, 0.2) is 23.1 Å². The Labute approximate surface area is 172 Å². The number of benzene rings is 1. The van der Waals surface area contributed by atoms with Gasteiger partial charge in [-0.1, -0.05) is 0 Å². The maximum absolute atomic E-state index is 13.0. The van der Waals surface area contributed by atoms with Gasteiger partial charge in [-0.25, -0.2) is 13.2 Å². The minimum absolute atomic E-state index is 0.139. The van der Waals surface area contributed by atoms with E-state index in [4.69, 9.17) is 0 Å². The summed E-state index contributed by atoms with van der Waals surface area (Å²) in [5.41, 5.74) is -3.50. The van der Waals surface area contributed by atoms with Gasteiger partial charge in [0.15, 0.2) is 0 Å². The molecule has 0 aliphatic carbocycles. The van der Waals surface area contributed by atoms with E-state index in [1.807, 2.05) is 0 Å². The van der Waals surface area contributed by atoms with E-state index in [1.165, 1.54) is 0 Å². The predicted octanol–water partition coefficient (Wildman–Crippen LogP) is 1.91. The minimum atomic E-state index is -5.19. The number of amides is 2. The zero-order valence-electron chi connectivity index (χ0n) is 15.9. The van der Waals surface area contributed by atoms with Gasteiger partial charge in [-0.15, -0.1) is 0 Å². The topological polar surface area (TPSA) is 96.0 Å². The van der Waals surface area contributed by atoms with Gasteiger partial charge in [-0.05, 0) is 18.2 Å². The number of rotatable bonds is 4. The van der Waals surface area contributed by atoms with Crippen molar-refractivity contribution in [3.63, 3.8) is 0 Å². The molecule has 174 valence electrons. The zero-order chi connectivity index (χ0) is 23.6. The molecule has 1 aliphatic heterocycles. The molecule has 0 atom stereocenters. The van der Waals surface area contributed by atoms with Gasteiger partial charge >= 0.3 is 24.4 Å². The average Bonchev–Trinajstić information content (AvgIpc) is 2.70. The van der Waals surface area contributed by atoms with Gasteiger partial charge in [0.25, 0.3) is 0 Å². The Hall–Kier alpha value is -2.55. The quantitative estimate of drug-likeness (QED) is 0.528. The molecule has 0 radical (unpaired) electrons. The zero-order valence-corrected chi connectivity index (χ0v) is 16.7. The lowest BCUT2D eigenvalue weighted by molar-refractivity contribution is -0.143. The van der Waals surface area contributed by atoms with Gasteiger partial charge in [0, 0.05) is 26.2 Å². The largest absolute Gasteiger partial charge is 0.468 e. The molecular formula is C16H17F6N3O5S. The standard InChI is InChI=1S/C16H17F6N3O5S/c1-30-13(26)9-23-14(27)24-2-4-25(5-3-24)31(28,29)12-7-10(15(17,18)19)6-11(8-12)16(20,21)22/h6-8H,2-5,9H2,1H3,(H,23,27). The highest BCUT2D eigenvalue weighted by Gasteiger charge is 2.39. The smallest absolute Gasteiger partial charge is 0.416 e. The Morgan fingerprint density at radius 1 is 0.968 bits per heavy atom. The molecular weight excluding hydrogens is 460 g/mol. The third-order valence-corrected chi connectivity index (χ3v) is 6.21. The average molecular weight is 477 g/mol. The molecule has 0 saturated carbocycles. The number of hydrogen-bond donors (Lipinski definition) is 1. The van der Waals surface area contributed by atoms with Crippen LogP contribution < -0.4 is 5.32 Å². The Balaban J connectivity index is 2.21. The van der Waals surface area contributed by atoms with E-state index in [0.29, 0.717) is 4.31 Å². The first-order valence-electron chi connectivity index (χ1n) is 8.55. The van der Waals surface area contributed by atoms with Gasteiger partial charge in [0.2, 0.25) is 10.0 Å². The second-order valence-electron chi connectivity index (χ2n) is 6.37. The second-order valence-corrected chi connectivity index (χ2v) is 8.31. The van der Waals surface area contributed by atoms with E-state index in [9.17, 15) is 44.3 Å². The highest BCUT2D eigenvalue weighted by atomic mass is 32.2. The number of carbonyl (C=O) groups is 2. The van der Waals surface area contributed by atoms with Crippen molar-refractivity contribution in [3.05, 3.63) is 29.3 Å². The van der Waals surface area contributed by atoms with Crippen LogP contribution in [0.25, 0.3) is 0 Å². The molecule has 1 aliphatic rings. The number of nitrogens with zero attached hydrogens (tertiary/aromatic N) is 2. The number of esters is 1. The molecule has 31 heavy (non-hydrogen) atoms. The summed E-state index contributed by atoms with van der Waals surface area (Å²) in [6.07, 6.45) is -10.4. The van der Waals surface area contributed by atoms with Crippen LogP contribution in [-0.4, -0.2) is 69.5 Å². The Morgan fingerprint density at radius 3 is 1.87 bits per heavy atom. The van der Waals surface area contributed by atoms with E-state index < -0.39 is 56.9 Å². The fourth-order valence-corrected chi connectivity index (χ4v) is 4.18. The number of hydrogen-bond acceptors (Lipinski definition) is 5. The fourth-order valence-electron chi connectivity index (χ4n) is 2.69. The van der Waals surface area contributed by atoms with Crippen LogP contribution in [0, 0.1) is 0 Å². The molecule has 0 bridgehead atoms. The van der Waals surface area contributed by atoms with Crippen LogP contribution in [0.4, 0.5) is 31.1 Å². The summed E-state index contributed by atoms with van der Waals surface area (Å²) in [7, 11) is -3.60. The number of halogens is 6. The lowest BCUT2D eigenvalue weighted by atomic mass is 10.1. The van der Waals surface area contributed by atoms with Gasteiger partial charge in [0.05, 0.1) is 23.1 Å². The molecule has 15 heteroatoms. The SMILES string of the molecule is COC(=O)CNC(=O)N1CCN(S(=O)(=O)c2cc(C(F)(F)F)cc(C(F)(F)F)c2)CC1. The molecule has 2 amide bonds. The van der Waals surface area contributed by atoms with Crippen molar-refractivity contribution >= 4 is 22.0 Å². The number of methoxy groups -OCH3 is 1. The lowest BCUT2D eigenvalue weighted by Gasteiger charge is -2.34. The van der Waals surface area contributed by atoms with Crippen LogP contribution >= 0.6 is 0 Å². The monoisotopic (exact) mass is 477 g/mol. The predicted molar refractivity (Wildman–Crippen MR) is 92.2 cm³/mol. The fraction of sp³-hybridized carbons (Fsp3) is 0.500. The van der Waals surface area contributed by atoms with E-state index >= 15 is 0 Å². The van der Waals surface area contributed by atoms with Crippen molar-refractivity contribution in [1.29, 1.82) is 0 Å². The maximum atomic E-state index is 13.0. The molecule has 8 nitrogen and oxygen atoms in total. The molecule has 1 aromatic carbocycles.